The number of carboxylic acid groups (broad SMARTS) is 1. The predicted molar refractivity (Wildman–Crippen MR) is 60.3 cm³/mol. The van der Waals surface area contributed by atoms with Crippen LogP contribution in [0.25, 0.3) is 0 Å². The van der Waals surface area contributed by atoms with Crippen molar-refractivity contribution in [1.82, 2.24) is 10.5 Å². The Hall–Kier alpha value is -1.40. The first kappa shape index (κ1) is 13.7. The van der Waals surface area contributed by atoms with Crippen LogP contribution in [0.15, 0.2) is 10.6 Å². The van der Waals surface area contributed by atoms with Crippen LogP contribution in [0.5, 0.6) is 0 Å². The van der Waals surface area contributed by atoms with Crippen LogP contribution >= 0.6 is 0 Å². The standard InChI is InChI=1S/C11H18N2O4/c1-7(2)10(11(14)15)12-5-8-4-9(6-16-3)17-13-8/h4,7,10,12H,5-6H2,1-3H3,(H,14,15). The fourth-order valence-corrected chi connectivity index (χ4v) is 1.47. The Bertz CT molecular complexity index is 362. The number of carboxylic acids is 1. The van der Waals surface area contributed by atoms with Gasteiger partial charge in [-0.2, -0.15) is 0 Å². The molecule has 1 aromatic rings. The molecule has 0 aliphatic heterocycles. The molecule has 0 amide bonds. The number of ether oxygens (including phenoxy) is 1. The molecule has 1 heterocycles. The van der Waals surface area contributed by atoms with Gasteiger partial charge in [0.15, 0.2) is 5.76 Å². The third kappa shape index (κ3) is 4.16. The molecule has 0 aliphatic rings. The summed E-state index contributed by atoms with van der Waals surface area (Å²) in [6, 6.07) is 1.16. The van der Waals surface area contributed by atoms with E-state index in [1.807, 2.05) is 13.8 Å². The molecule has 1 atom stereocenters. The van der Waals surface area contributed by atoms with Crippen LogP contribution < -0.4 is 5.32 Å². The van der Waals surface area contributed by atoms with Crippen molar-refractivity contribution >= 4 is 5.97 Å². The van der Waals surface area contributed by atoms with Crippen LogP contribution in [0, 0.1) is 5.92 Å². The van der Waals surface area contributed by atoms with Gasteiger partial charge in [0.2, 0.25) is 0 Å². The van der Waals surface area contributed by atoms with Crippen LogP contribution in [-0.2, 0) is 22.7 Å². The van der Waals surface area contributed by atoms with Crippen LogP contribution in [0.4, 0.5) is 0 Å². The van der Waals surface area contributed by atoms with E-state index in [1.165, 1.54) is 0 Å². The lowest BCUT2D eigenvalue weighted by Crippen LogP contribution is -2.40. The maximum Gasteiger partial charge on any atom is 0.320 e. The SMILES string of the molecule is COCc1cc(CNC(C(=O)O)C(C)C)no1. The molecular weight excluding hydrogens is 224 g/mol. The molecule has 6 heteroatoms. The fraction of sp³-hybridized carbons (Fsp3) is 0.636. The minimum Gasteiger partial charge on any atom is -0.480 e. The first-order valence-electron chi connectivity index (χ1n) is 5.44. The topological polar surface area (TPSA) is 84.6 Å². The molecule has 2 N–H and O–H groups in total. The number of carbonyl (C=O) groups is 1. The zero-order valence-electron chi connectivity index (χ0n) is 10.3. The summed E-state index contributed by atoms with van der Waals surface area (Å²) in [5, 5.41) is 15.7. The van der Waals surface area contributed by atoms with Crippen molar-refractivity contribution in [3.63, 3.8) is 0 Å². The highest BCUT2D eigenvalue weighted by molar-refractivity contribution is 5.73. The highest BCUT2D eigenvalue weighted by atomic mass is 16.5. The van der Waals surface area contributed by atoms with Gasteiger partial charge in [-0.25, -0.2) is 0 Å². The van der Waals surface area contributed by atoms with Crippen LogP contribution in [-0.4, -0.2) is 29.4 Å². The molecule has 0 aromatic carbocycles. The maximum absolute atomic E-state index is 10.9. The summed E-state index contributed by atoms with van der Waals surface area (Å²) in [7, 11) is 1.57. The van der Waals surface area contributed by atoms with E-state index in [-0.39, 0.29) is 5.92 Å². The van der Waals surface area contributed by atoms with Crippen molar-refractivity contribution in [2.75, 3.05) is 7.11 Å². The molecule has 1 rings (SSSR count). The minimum atomic E-state index is -0.861. The van der Waals surface area contributed by atoms with Gasteiger partial charge >= 0.3 is 5.97 Å². The monoisotopic (exact) mass is 242 g/mol. The minimum absolute atomic E-state index is 0.0119. The van der Waals surface area contributed by atoms with Crippen LogP contribution in [0.2, 0.25) is 0 Å². The van der Waals surface area contributed by atoms with Gasteiger partial charge in [0.1, 0.15) is 12.6 Å². The van der Waals surface area contributed by atoms with E-state index in [4.69, 9.17) is 14.4 Å². The number of methoxy groups -OCH3 is 1. The number of hydrogen-bond donors (Lipinski definition) is 2. The van der Waals surface area contributed by atoms with E-state index in [0.29, 0.717) is 24.6 Å². The number of aliphatic carboxylic acids is 1. The molecule has 96 valence electrons. The van der Waals surface area contributed by atoms with Crippen LogP contribution in [0.3, 0.4) is 0 Å². The van der Waals surface area contributed by atoms with Crippen molar-refractivity contribution in [3.8, 4) is 0 Å². The maximum atomic E-state index is 10.9. The van der Waals surface area contributed by atoms with E-state index in [9.17, 15) is 4.79 Å². The second-order valence-electron chi connectivity index (χ2n) is 4.16. The van der Waals surface area contributed by atoms with E-state index >= 15 is 0 Å². The third-order valence-corrected chi connectivity index (χ3v) is 2.33. The van der Waals surface area contributed by atoms with E-state index in [1.54, 1.807) is 13.2 Å². The second-order valence-corrected chi connectivity index (χ2v) is 4.16. The van der Waals surface area contributed by atoms with E-state index < -0.39 is 12.0 Å². The van der Waals surface area contributed by atoms with Gasteiger partial charge in [-0.1, -0.05) is 19.0 Å². The lowest BCUT2D eigenvalue weighted by molar-refractivity contribution is -0.140. The number of rotatable bonds is 7. The van der Waals surface area contributed by atoms with Crippen molar-refractivity contribution in [3.05, 3.63) is 17.5 Å². The van der Waals surface area contributed by atoms with Gasteiger partial charge in [-0.05, 0) is 5.92 Å². The molecule has 0 aliphatic carbocycles. The average Bonchev–Trinajstić information content (AvgIpc) is 2.65. The Labute approximate surface area is 99.9 Å². The normalized spacial score (nSPS) is 12.9. The summed E-state index contributed by atoms with van der Waals surface area (Å²) < 4.78 is 9.89. The molecule has 1 unspecified atom stereocenters. The second kappa shape index (κ2) is 6.36. The lowest BCUT2D eigenvalue weighted by atomic mass is 10.0. The fourth-order valence-electron chi connectivity index (χ4n) is 1.47. The lowest BCUT2D eigenvalue weighted by Gasteiger charge is -2.16. The highest BCUT2D eigenvalue weighted by Gasteiger charge is 2.20. The zero-order valence-corrected chi connectivity index (χ0v) is 10.3. The van der Waals surface area contributed by atoms with Gasteiger partial charge in [0.25, 0.3) is 0 Å². The highest BCUT2D eigenvalue weighted by Crippen LogP contribution is 2.07. The van der Waals surface area contributed by atoms with Gasteiger partial charge in [0.05, 0.1) is 5.69 Å². The Morgan fingerprint density at radius 3 is 2.88 bits per heavy atom. The van der Waals surface area contributed by atoms with E-state index in [2.05, 4.69) is 10.5 Å². The van der Waals surface area contributed by atoms with Crippen molar-refractivity contribution in [2.45, 2.75) is 33.0 Å². The van der Waals surface area contributed by atoms with Crippen molar-refractivity contribution in [2.24, 2.45) is 5.92 Å². The molecule has 1 aromatic heterocycles. The first-order valence-corrected chi connectivity index (χ1v) is 5.44. The van der Waals surface area contributed by atoms with Crippen molar-refractivity contribution < 1.29 is 19.2 Å². The van der Waals surface area contributed by atoms with Gasteiger partial charge in [0, 0.05) is 19.7 Å². The quantitative estimate of drug-likeness (QED) is 0.742. The molecule has 0 spiro atoms. The first-order chi connectivity index (χ1) is 8.04. The summed E-state index contributed by atoms with van der Waals surface area (Å²) in [6.45, 7) is 4.43. The Kier molecular flexibility index (Phi) is 5.11. The van der Waals surface area contributed by atoms with Gasteiger partial charge in [-0.3, -0.25) is 10.1 Å². The zero-order chi connectivity index (χ0) is 12.8. The number of aromatic nitrogens is 1. The van der Waals surface area contributed by atoms with E-state index in [0.717, 1.165) is 0 Å². The summed E-state index contributed by atoms with van der Waals surface area (Å²) in [5.74, 6) is -0.223. The summed E-state index contributed by atoms with van der Waals surface area (Å²) >= 11 is 0. The number of nitrogens with one attached hydrogen (secondary N) is 1. The summed E-state index contributed by atoms with van der Waals surface area (Å²) in [5.41, 5.74) is 0.670. The average molecular weight is 242 g/mol. The largest absolute Gasteiger partial charge is 0.480 e. The molecule has 0 fully saturated rings. The summed E-state index contributed by atoms with van der Waals surface area (Å²) in [6.07, 6.45) is 0. The van der Waals surface area contributed by atoms with Gasteiger partial charge in [-0.15, -0.1) is 0 Å². The molecule has 17 heavy (non-hydrogen) atoms. The Morgan fingerprint density at radius 1 is 1.65 bits per heavy atom. The smallest absolute Gasteiger partial charge is 0.320 e. The predicted octanol–water partition coefficient (Wildman–Crippen LogP) is 1.02. The van der Waals surface area contributed by atoms with Crippen molar-refractivity contribution in [1.29, 1.82) is 0 Å². The summed E-state index contributed by atoms with van der Waals surface area (Å²) in [4.78, 5) is 10.9. The third-order valence-electron chi connectivity index (χ3n) is 2.33. The molecule has 6 nitrogen and oxygen atoms in total. The Balaban J connectivity index is 2.50. The number of hydrogen-bond acceptors (Lipinski definition) is 5. The molecule has 0 radical (unpaired) electrons. The van der Waals surface area contributed by atoms with Gasteiger partial charge < -0.3 is 14.4 Å². The Morgan fingerprint density at radius 2 is 2.35 bits per heavy atom. The molecule has 0 bridgehead atoms. The molecule has 0 saturated carbocycles. The number of nitrogens with zero attached hydrogens (tertiary/aromatic N) is 1. The van der Waals surface area contributed by atoms with Crippen LogP contribution in [0.1, 0.15) is 25.3 Å². The molecular formula is C11H18N2O4. The molecule has 0 saturated heterocycles.